The van der Waals surface area contributed by atoms with Gasteiger partial charge in [0.2, 0.25) is 0 Å². The van der Waals surface area contributed by atoms with Crippen LogP contribution in [0.4, 0.5) is 10.5 Å². The summed E-state index contributed by atoms with van der Waals surface area (Å²) in [6.07, 6.45) is 1.24. The number of nitrogens with zero attached hydrogens (tertiary/aromatic N) is 1. The summed E-state index contributed by atoms with van der Waals surface area (Å²) in [4.78, 5) is 36.5. The van der Waals surface area contributed by atoms with Crippen LogP contribution in [0, 0.1) is 12.8 Å². The van der Waals surface area contributed by atoms with E-state index in [9.17, 15) is 14.4 Å². The normalized spacial score (nSPS) is 17.5. The van der Waals surface area contributed by atoms with Gasteiger partial charge in [-0.15, -0.1) is 0 Å². The number of carboxylic acid groups (broad SMARTS) is 1. The minimum absolute atomic E-state index is 0.191. The van der Waals surface area contributed by atoms with Crippen LogP contribution in [0.15, 0.2) is 18.2 Å². The van der Waals surface area contributed by atoms with Crippen molar-refractivity contribution in [2.45, 2.75) is 19.8 Å². The smallest absolute Gasteiger partial charge is 0.337 e. The molecule has 1 aromatic rings. The van der Waals surface area contributed by atoms with Crippen LogP contribution >= 0.6 is 0 Å². The first-order valence-corrected chi connectivity index (χ1v) is 7.40. The van der Waals surface area contributed by atoms with Crippen LogP contribution in [-0.4, -0.2) is 48.2 Å². The molecule has 0 aliphatic carbocycles. The molecule has 2 amide bonds. The number of methoxy groups -OCH3 is 1. The Kier molecular flexibility index (Phi) is 5.20. The molecule has 1 aromatic carbocycles. The lowest BCUT2D eigenvalue weighted by molar-refractivity contribution is -0.143. The highest BCUT2D eigenvalue weighted by molar-refractivity contribution is 5.94. The van der Waals surface area contributed by atoms with E-state index in [0.29, 0.717) is 30.6 Å². The Morgan fingerprint density at radius 2 is 2.09 bits per heavy atom. The van der Waals surface area contributed by atoms with E-state index in [1.165, 1.54) is 12.0 Å². The molecule has 0 bridgehead atoms. The fraction of sp³-hybridized carbons (Fsp3) is 0.438. The molecule has 2 rings (SSSR count). The number of carbonyl (C=O) groups is 3. The predicted molar refractivity (Wildman–Crippen MR) is 83.5 cm³/mol. The van der Waals surface area contributed by atoms with Crippen molar-refractivity contribution in [2.24, 2.45) is 5.92 Å². The van der Waals surface area contributed by atoms with E-state index in [1.54, 1.807) is 18.2 Å². The monoisotopic (exact) mass is 320 g/mol. The van der Waals surface area contributed by atoms with Crippen molar-refractivity contribution in [1.29, 1.82) is 0 Å². The standard InChI is InChI=1S/C16H20N2O5/c1-10-5-6-11(15(21)23-2)8-13(10)17-16(22)18-7-3-4-12(9-18)14(19)20/h5-6,8,12H,3-4,7,9H2,1-2H3,(H,17,22)(H,19,20). The van der Waals surface area contributed by atoms with Crippen LogP contribution in [-0.2, 0) is 9.53 Å². The van der Waals surface area contributed by atoms with Gasteiger partial charge in [0.15, 0.2) is 0 Å². The highest BCUT2D eigenvalue weighted by atomic mass is 16.5. The molecule has 0 spiro atoms. The van der Waals surface area contributed by atoms with Gasteiger partial charge in [-0.05, 0) is 37.5 Å². The minimum Gasteiger partial charge on any atom is -0.481 e. The first-order valence-electron chi connectivity index (χ1n) is 7.40. The fourth-order valence-corrected chi connectivity index (χ4v) is 2.56. The third-order valence-corrected chi connectivity index (χ3v) is 3.96. The van der Waals surface area contributed by atoms with E-state index in [1.807, 2.05) is 6.92 Å². The van der Waals surface area contributed by atoms with Crippen molar-refractivity contribution < 1.29 is 24.2 Å². The van der Waals surface area contributed by atoms with E-state index in [0.717, 1.165) is 5.56 Å². The number of nitrogens with one attached hydrogen (secondary N) is 1. The summed E-state index contributed by atoms with van der Waals surface area (Å²) in [5.41, 5.74) is 1.66. The number of anilines is 1. The Bertz CT molecular complexity index is 629. The number of carbonyl (C=O) groups excluding carboxylic acids is 2. The Morgan fingerprint density at radius 3 is 2.74 bits per heavy atom. The Labute approximate surface area is 134 Å². The molecule has 1 unspecified atom stereocenters. The molecule has 1 atom stereocenters. The fourth-order valence-electron chi connectivity index (χ4n) is 2.56. The second-order valence-corrected chi connectivity index (χ2v) is 5.57. The second-order valence-electron chi connectivity index (χ2n) is 5.57. The number of likely N-dealkylation sites (tertiary alicyclic amines) is 1. The van der Waals surface area contributed by atoms with Crippen molar-refractivity contribution in [2.75, 3.05) is 25.5 Å². The summed E-state index contributed by atoms with van der Waals surface area (Å²) in [6, 6.07) is 4.54. The third kappa shape index (κ3) is 4.00. The number of piperidine rings is 1. The summed E-state index contributed by atoms with van der Waals surface area (Å²) >= 11 is 0. The van der Waals surface area contributed by atoms with Crippen molar-refractivity contribution in [3.63, 3.8) is 0 Å². The number of aliphatic carboxylic acids is 1. The van der Waals surface area contributed by atoms with Gasteiger partial charge in [-0.2, -0.15) is 0 Å². The van der Waals surface area contributed by atoms with Gasteiger partial charge >= 0.3 is 18.0 Å². The van der Waals surface area contributed by atoms with Crippen LogP contribution < -0.4 is 5.32 Å². The molecule has 23 heavy (non-hydrogen) atoms. The average Bonchev–Trinajstić information content (AvgIpc) is 2.56. The van der Waals surface area contributed by atoms with Crippen LogP contribution in [0.25, 0.3) is 0 Å². The number of carboxylic acids is 1. The largest absolute Gasteiger partial charge is 0.481 e. The van der Waals surface area contributed by atoms with Crippen LogP contribution in [0.2, 0.25) is 0 Å². The highest BCUT2D eigenvalue weighted by Crippen LogP contribution is 2.21. The van der Waals surface area contributed by atoms with Crippen LogP contribution in [0.1, 0.15) is 28.8 Å². The van der Waals surface area contributed by atoms with Gasteiger partial charge in [-0.1, -0.05) is 6.07 Å². The number of aryl methyl sites for hydroxylation is 1. The Hall–Kier alpha value is -2.57. The molecule has 0 aromatic heterocycles. The highest BCUT2D eigenvalue weighted by Gasteiger charge is 2.28. The maximum Gasteiger partial charge on any atom is 0.337 e. The van der Waals surface area contributed by atoms with Gasteiger partial charge in [-0.25, -0.2) is 9.59 Å². The van der Waals surface area contributed by atoms with Gasteiger partial charge in [-0.3, -0.25) is 4.79 Å². The molecule has 7 nitrogen and oxygen atoms in total. The maximum absolute atomic E-state index is 12.3. The predicted octanol–water partition coefficient (Wildman–Crippen LogP) is 2.11. The second kappa shape index (κ2) is 7.13. The molecule has 7 heteroatoms. The van der Waals surface area contributed by atoms with E-state index in [4.69, 9.17) is 5.11 Å². The SMILES string of the molecule is COC(=O)c1ccc(C)c(NC(=O)N2CCCC(C(=O)O)C2)c1. The van der Waals surface area contributed by atoms with Gasteiger partial charge in [0.05, 0.1) is 18.6 Å². The number of benzene rings is 1. The number of urea groups is 1. The molecule has 124 valence electrons. The zero-order valence-corrected chi connectivity index (χ0v) is 13.2. The topological polar surface area (TPSA) is 95.9 Å². The third-order valence-electron chi connectivity index (χ3n) is 3.96. The van der Waals surface area contributed by atoms with Gasteiger partial charge in [0, 0.05) is 18.8 Å². The average molecular weight is 320 g/mol. The first kappa shape index (κ1) is 16.8. The molecule has 0 saturated carbocycles. The number of ether oxygens (including phenoxy) is 1. The Balaban J connectivity index is 2.10. The number of hydrogen-bond acceptors (Lipinski definition) is 4. The summed E-state index contributed by atoms with van der Waals surface area (Å²) in [5.74, 6) is -1.90. The summed E-state index contributed by atoms with van der Waals surface area (Å²) < 4.78 is 4.67. The lowest BCUT2D eigenvalue weighted by Gasteiger charge is -2.30. The molecule has 1 aliphatic heterocycles. The van der Waals surface area contributed by atoms with Crippen LogP contribution in [0.5, 0.6) is 0 Å². The maximum atomic E-state index is 12.3. The molecular formula is C16H20N2O5. The van der Waals surface area contributed by atoms with Gasteiger partial charge in [0.25, 0.3) is 0 Å². The number of esters is 1. The van der Waals surface area contributed by atoms with E-state index < -0.39 is 17.9 Å². The molecule has 1 saturated heterocycles. The van der Waals surface area contributed by atoms with Gasteiger partial charge < -0.3 is 20.1 Å². The molecule has 1 fully saturated rings. The lowest BCUT2D eigenvalue weighted by atomic mass is 9.99. The summed E-state index contributed by atoms with van der Waals surface area (Å²) in [7, 11) is 1.29. The molecule has 1 aliphatic rings. The van der Waals surface area contributed by atoms with Gasteiger partial charge in [0.1, 0.15) is 0 Å². The molecule has 2 N–H and O–H groups in total. The summed E-state index contributed by atoms with van der Waals surface area (Å²) in [6.45, 7) is 2.52. The quantitative estimate of drug-likeness (QED) is 0.832. The number of rotatable bonds is 3. The van der Waals surface area contributed by atoms with Crippen molar-refractivity contribution in [3.8, 4) is 0 Å². The Morgan fingerprint density at radius 1 is 1.35 bits per heavy atom. The van der Waals surface area contributed by atoms with Crippen LogP contribution in [0.3, 0.4) is 0 Å². The molecular weight excluding hydrogens is 300 g/mol. The number of amides is 2. The first-order chi connectivity index (χ1) is 10.9. The zero-order chi connectivity index (χ0) is 17.0. The van der Waals surface area contributed by atoms with Crippen molar-refractivity contribution >= 4 is 23.7 Å². The van der Waals surface area contributed by atoms with E-state index >= 15 is 0 Å². The van der Waals surface area contributed by atoms with Crippen molar-refractivity contribution in [1.82, 2.24) is 4.90 Å². The van der Waals surface area contributed by atoms with E-state index in [-0.39, 0.29) is 12.6 Å². The molecule has 1 heterocycles. The lowest BCUT2D eigenvalue weighted by Crippen LogP contribution is -2.44. The number of hydrogen-bond donors (Lipinski definition) is 2. The van der Waals surface area contributed by atoms with E-state index in [2.05, 4.69) is 10.1 Å². The summed E-state index contributed by atoms with van der Waals surface area (Å²) in [5, 5.41) is 11.8. The molecule has 0 radical (unpaired) electrons. The minimum atomic E-state index is -0.883. The zero-order valence-electron chi connectivity index (χ0n) is 13.2. The van der Waals surface area contributed by atoms with Crippen molar-refractivity contribution in [3.05, 3.63) is 29.3 Å².